The number of hydrogen-bond donors (Lipinski definition) is 1. The highest BCUT2D eigenvalue weighted by Gasteiger charge is 2.52. The molecular weight excluding hydrogens is 358 g/mol. The smallest absolute Gasteiger partial charge is 0.328 e. The Bertz CT molecular complexity index is 669. The molecule has 1 N–H and O–H groups in total. The number of halogens is 1. The van der Waals surface area contributed by atoms with E-state index >= 15 is 0 Å². The zero-order valence-electron chi connectivity index (χ0n) is 15.2. The zero-order valence-corrected chi connectivity index (χ0v) is 16.0. The minimum absolute atomic E-state index is 0.0917. The molecule has 2 rings (SSSR count). The van der Waals surface area contributed by atoms with E-state index in [0.29, 0.717) is 24.3 Å². The molecule has 1 aliphatic carbocycles. The van der Waals surface area contributed by atoms with Gasteiger partial charge >= 0.3 is 11.9 Å². The maximum absolute atomic E-state index is 12.5. The van der Waals surface area contributed by atoms with Gasteiger partial charge in [0.05, 0.1) is 12.5 Å². The third kappa shape index (κ3) is 4.55. The third-order valence-electron chi connectivity index (χ3n) is 4.86. The molecule has 2 atom stereocenters. The quantitative estimate of drug-likeness (QED) is 0.700. The number of carbonyl (C=O) groups excluding carboxylic acids is 3. The van der Waals surface area contributed by atoms with Gasteiger partial charge in [0, 0.05) is 5.02 Å². The van der Waals surface area contributed by atoms with Crippen LogP contribution in [0.5, 0.6) is 0 Å². The van der Waals surface area contributed by atoms with Crippen LogP contribution in [-0.2, 0) is 29.3 Å². The summed E-state index contributed by atoms with van der Waals surface area (Å²) in [5.41, 5.74) is 0.142. The first kappa shape index (κ1) is 20.2. The molecule has 142 valence electrons. The molecule has 1 aromatic rings. The molecule has 7 heteroatoms. The summed E-state index contributed by atoms with van der Waals surface area (Å²) < 4.78 is 9.93. The van der Waals surface area contributed by atoms with Crippen molar-refractivity contribution >= 4 is 29.4 Å². The second-order valence-electron chi connectivity index (χ2n) is 6.62. The molecule has 0 saturated heterocycles. The van der Waals surface area contributed by atoms with E-state index < -0.39 is 35.9 Å². The van der Waals surface area contributed by atoms with Crippen molar-refractivity contribution in [3.8, 4) is 0 Å². The molecule has 0 aromatic heterocycles. The second-order valence-corrected chi connectivity index (χ2v) is 7.06. The van der Waals surface area contributed by atoms with E-state index in [2.05, 4.69) is 5.32 Å². The van der Waals surface area contributed by atoms with Crippen molar-refractivity contribution in [3.63, 3.8) is 0 Å². The monoisotopic (exact) mass is 381 g/mol. The van der Waals surface area contributed by atoms with Gasteiger partial charge < -0.3 is 14.8 Å². The van der Waals surface area contributed by atoms with Crippen LogP contribution in [-0.4, -0.2) is 37.6 Å². The topological polar surface area (TPSA) is 81.7 Å². The molecule has 0 heterocycles. The molecule has 6 nitrogen and oxygen atoms in total. The van der Waals surface area contributed by atoms with E-state index in [-0.39, 0.29) is 5.92 Å². The van der Waals surface area contributed by atoms with Crippen molar-refractivity contribution in [2.24, 2.45) is 5.92 Å². The van der Waals surface area contributed by atoms with Crippen LogP contribution in [0.4, 0.5) is 0 Å². The van der Waals surface area contributed by atoms with Gasteiger partial charge in [0.2, 0.25) is 0 Å². The van der Waals surface area contributed by atoms with Crippen LogP contribution >= 0.6 is 11.6 Å². The Morgan fingerprint density at radius 2 is 1.85 bits per heavy atom. The lowest BCUT2D eigenvalue weighted by atomic mass is 9.96. The molecule has 0 radical (unpaired) electrons. The summed E-state index contributed by atoms with van der Waals surface area (Å²) in [7, 11) is 1.27. The standard InChI is InChI=1S/C19H24ClNO5/c1-4-12(2)16(17(23)25-3)21-15(22)11-26-18(24)19(9-10-19)13-5-7-14(20)8-6-13/h5-8,12,16H,4,9-11H2,1-3H3,(H,21,22). The number of rotatable bonds is 8. The van der Waals surface area contributed by atoms with Crippen LogP contribution in [0.2, 0.25) is 5.02 Å². The molecule has 1 saturated carbocycles. The SMILES string of the molecule is CCC(C)C(NC(=O)COC(=O)C1(c2ccc(Cl)cc2)CC1)C(=O)OC. The van der Waals surface area contributed by atoms with E-state index in [0.717, 1.165) is 5.56 Å². The molecule has 0 spiro atoms. The summed E-state index contributed by atoms with van der Waals surface area (Å²) >= 11 is 5.88. The number of benzene rings is 1. The summed E-state index contributed by atoms with van der Waals surface area (Å²) in [6, 6.07) is 6.29. The molecule has 1 fully saturated rings. The van der Waals surface area contributed by atoms with Gasteiger partial charge in [-0.3, -0.25) is 9.59 Å². The summed E-state index contributed by atoms with van der Waals surface area (Å²) in [4.78, 5) is 36.4. The van der Waals surface area contributed by atoms with Crippen LogP contribution in [0.1, 0.15) is 38.7 Å². The van der Waals surface area contributed by atoms with Crippen molar-refractivity contribution in [2.75, 3.05) is 13.7 Å². The minimum Gasteiger partial charge on any atom is -0.467 e. The normalized spacial score (nSPS) is 16.9. The highest BCUT2D eigenvalue weighted by molar-refractivity contribution is 6.30. The first-order valence-electron chi connectivity index (χ1n) is 8.64. The highest BCUT2D eigenvalue weighted by Crippen LogP contribution is 2.49. The summed E-state index contributed by atoms with van der Waals surface area (Å²) in [6.07, 6.45) is 2.04. The zero-order chi connectivity index (χ0) is 19.3. The molecule has 1 aromatic carbocycles. The Morgan fingerprint density at radius 3 is 2.35 bits per heavy atom. The average Bonchev–Trinajstić information content (AvgIpc) is 3.45. The van der Waals surface area contributed by atoms with E-state index in [9.17, 15) is 14.4 Å². The Balaban J connectivity index is 1.93. The van der Waals surface area contributed by atoms with Gasteiger partial charge in [-0.15, -0.1) is 0 Å². The molecule has 1 aliphatic rings. The molecule has 0 aliphatic heterocycles. The lowest BCUT2D eigenvalue weighted by molar-refractivity contribution is -0.152. The fourth-order valence-electron chi connectivity index (χ4n) is 2.79. The van der Waals surface area contributed by atoms with E-state index in [1.54, 1.807) is 24.3 Å². The van der Waals surface area contributed by atoms with Crippen LogP contribution in [0, 0.1) is 5.92 Å². The van der Waals surface area contributed by atoms with Gasteiger partial charge in [-0.25, -0.2) is 4.79 Å². The van der Waals surface area contributed by atoms with Gasteiger partial charge in [0.15, 0.2) is 6.61 Å². The number of hydrogen-bond acceptors (Lipinski definition) is 5. The predicted molar refractivity (Wildman–Crippen MR) is 96.7 cm³/mol. The average molecular weight is 382 g/mol. The molecule has 0 bridgehead atoms. The molecular formula is C19H24ClNO5. The van der Waals surface area contributed by atoms with E-state index in [1.165, 1.54) is 7.11 Å². The summed E-state index contributed by atoms with van der Waals surface area (Å²) in [5.74, 6) is -1.57. The van der Waals surface area contributed by atoms with Gasteiger partial charge in [0.25, 0.3) is 5.91 Å². The van der Waals surface area contributed by atoms with Crippen molar-refractivity contribution in [2.45, 2.75) is 44.6 Å². The first-order chi connectivity index (χ1) is 12.3. The van der Waals surface area contributed by atoms with Crippen molar-refractivity contribution in [1.29, 1.82) is 0 Å². The van der Waals surface area contributed by atoms with E-state index in [4.69, 9.17) is 21.1 Å². The molecule has 2 unspecified atom stereocenters. The maximum atomic E-state index is 12.5. The van der Waals surface area contributed by atoms with Crippen LogP contribution in [0.3, 0.4) is 0 Å². The Kier molecular flexibility index (Phi) is 6.64. The largest absolute Gasteiger partial charge is 0.467 e. The summed E-state index contributed by atoms with van der Waals surface area (Å²) in [5, 5.41) is 3.18. The van der Waals surface area contributed by atoms with Crippen LogP contribution in [0.25, 0.3) is 0 Å². The number of esters is 2. The van der Waals surface area contributed by atoms with Crippen LogP contribution < -0.4 is 5.32 Å². The van der Waals surface area contributed by atoms with Gasteiger partial charge in [0.1, 0.15) is 6.04 Å². The number of nitrogens with one attached hydrogen (secondary N) is 1. The lowest BCUT2D eigenvalue weighted by Gasteiger charge is -2.22. The Labute approximate surface area is 158 Å². The predicted octanol–water partition coefficient (Wildman–Crippen LogP) is 2.62. The van der Waals surface area contributed by atoms with Gasteiger partial charge in [-0.05, 0) is 36.5 Å². The Hall–Kier alpha value is -2.08. The van der Waals surface area contributed by atoms with Crippen LogP contribution in [0.15, 0.2) is 24.3 Å². The fourth-order valence-corrected chi connectivity index (χ4v) is 2.91. The summed E-state index contributed by atoms with van der Waals surface area (Å²) in [6.45, 7) is 3.32. The number of ether oxygens (including phenoxy) is 2. The lowest BCUT2D eigenvalue weighted by Crippen LogP contribution is -2.47. The first-order valence-corrected chi connectivity index (χ1v) is 9.02. The van der Waals surface area contributed by atoms with Crippen molar-refractivity contribution in [1.82, 2.24) is 5.32 Å². The number of methoxy groups -OCH3 is 1. The Morgan fingerprint density at radius 1 is 1.23 bits per heavy atom. The van der Waals surface area contributed by atoms with Crippen molar-refractivity contribution < 1.29 is 23.9 Å². The van der Waals surface area contributed by atoms with Crippen molar-refractivity contribution in [3.05, 3.63) is 34.9 Å². The number of carbonyl (C=O) groups is 3. The minimum atomic E-state index is -0.762. The van der Waals surface area contributed by atoms with Gasteiger partial charge in [-0.2, -0.15) is 0 Å². The number of amides is 1. The highest BCUT2D eigenvalue weighted by atomic mass is 35.5. The molecule has 26 heavy (non-hydrogen) atoms. The van der Waals surface area contributed by atoms with Gasteiger partial charge in [-0.1, -0.05) is 44.0 Å². The maximum Gasteiger partial charge on any atom is 0.328 e. The second kappa shape index (κ2) is 8.54. The molecule has 1 amide bonds. The third-order valence-corrected chi connectivity index (χ3v) is 5.11. The fraction of sp³-hybridized carbons (Fsp3) is 0.526. The van der Waals surface area contributed by atoms with E-state index in [1.807, 2.05) is 13.8 Å².